The van der Waals surface area contributed by atoms with Crippen LogP contribution in [0.3, 0.4) is 0 Å². The number of hydrogen-bond donors (Lipinski definition) is 0. The van der Waals surface area contributed by atoms with E-state index in [4.69, 9.17) is 9.97 Å². The molecule has 0 unspecified atom stereocenters. The molecule has 5 aromatic rings. The number of fused-ring (bicyclic) bond motifs is 1. The van der Waals surface area contributed by atoms with E-state index in [1.807, 2.05) is 35.0 Å². The second kappa shape index (κ2) is 7.55. The molecule has 1 aromatic carbocycles. The lowest BCUT2D eigenvalue weighted by Crippen LogP contribution is -2.18. The summed E-state index contributed by atoms with van der Waals surface area (Å²) in [5, 5.41) is 28.8. The molecule has 5 rings (SSSR count). The molecule has 4 heterocycles. The van der Waals surface area contributed by atoms with Gasteiger partial charge in [0.1, 0.15) is 23.8 Å². The molecule has 0 amide bonds. The minimum atomic E-state index is -0.290. The van der Waals surface area contributed by atoms with Gasteiger partial charge in [-0.15, -0.1) is 15.3 Å². The van der Waals surface area contributed by atoms with Gasteiger partial charge >= 0.3 is 0 Å². The molecule has 0 saturated heterocycles. The highest BCUT2D eigenvalue weighted by Gasteiger charge is 2.25. The molecule has 0 aliphatic carbocycles. The monoisotopic (exact) mass is 430 g/mol. The predicted molar refractivity (Wildman–Crippen MR) is 114 cm³/mol. The molecule has 0 radical (unpaired) electrons. The SMILES string of the molecule is Cn1nnnc1Cn1nnc2c(-c3cnnn3Cc3ccccc3)nc(C(C)(C)C)nc21. The molecule has 4 aromatic heterocycles. The number of tetrazole rings is 1. The third-order valence-electron chi connectivity index (χ3n) is 5.07. The first kappa shape index (κ1) is 19.8. The van der Waals surface area contributed by atoms with E-state index < -0.39 is 0 Å². The molecule has 0 bridgehead atoms. The van der Waals surface area contributed by atoms with Crippen LogP contribution in [0.5, 0.6) is 0 Å². The van der Waals surface area contributed by atoms with Gasteiger partial charge in [0.25, 0.3) is 0 Å². The average Bonchev–Trinajstić information content (AvgIpc) is 3.49. The van der Waals surface area contributed by atoms with Crippen LogP contribution in [-0.2, 0) is 25.6 Å². The van der Waals surface area contributed by atoms with Crippen molar-refractivity contribution in [2.45, 2.75) is 39.3 Å². The first-order chi connectivity index (χ1) is 15.4. The van der Waals surface area contributed by atoms with Crippen molar-refractivity contribution in [2.75, 3.05) is 0 Å². The number of nitrogens with zero attached hydrogens (tertiary/aromatic N) is 12. The van der Waals surface area contributed by atoms with Crippen LogP contribution >= 0.6 is 0 Å². The minimum absolute atomic E-state index is 0.290. The standard InChI is InChI=1S/C20H22N12/c1-20(2,3)19-22-16(14-10-21-27-31(14)11-13-8-6-5-7-9-13)17-18(23-19)32(28-25-17)12-15-24-26-29-30(15)4/h5-10H,11-12H2,1-4H3. The zero-order valence-electron chi connectivity index (χ0n) is 18.2. The maximum absolute atomic E-state index is 4.87. The van der Waals surface area contributed by atoms with Crippen LogP contribution in [0.25, 0.3) is 22.6 Å². The number of hydrogen-bond acceptors (Lipinski definition) is 9. The topological polar surface area (TPSA) is 131 Å². The van der Waals surface area contributed by atoms with Crippen LogP contribution in [0.15, 0.2) is 36.5 Å². The van der Waals surface area contributed by atoms with E-state index in [1.165, 1.54) is 0 Å². The van der Waals surface area contributed by atoms with E-state index in [9.17, 15) is 0 Å². The number of aryl methyl sites for hydroxylation is 1. The zero-order chi connectivity index (χ0) is 22.3. The normalized spacial score (nSPS) is 12.0. The predicted octanol–water partition coefficient (Wildman–Crippen LogP) is 1.40. The fraction of sp³-hybridized carbons (Fsp3) is 0.350. The van der Waals surface area contributed by atoms with Gasteiger partial charge in [0.05, 0.1) is 12.7 Å². The molecule has 0 N–H and O–H groups in total. The van der Waals surface area contributed by atoms with Gasteiger partial charge in [-0.1, -0.05) is 61.5 Å². The van der Waals surface area contributed by atoms with Crippen LogP contribution in [0, 0.1) is 0 Å². The number of rotatable bonds is 5. The Balaban J connectivity index is 1.65. The van der Waals surface area contributed by atoms with Crippen LogP contribution in [-0.4, -0.2) is 60.2 Å². The molecule has 0 atom stereocenters. The number of aromatic nitrogens is 12. The molecular formula is C20H22N12. The van der Waals surface area contributed by atoms with Crippen molar-refractivity contribution in [3.05, 3.63) is 53.7 Å². The summed E-state index contributed by atoms with van der Waals surface area (Å²) >= 11 is 0. The molecule has 0 saturated carbocycles. The summed E-state index contributed by atoms with van der Waals surface area (Å²) < 4.78 is 5.10. The van der Waals surface area contributed by atoms with Crippen molar-refractivity contribution in [3.8, 4) is 11.4 Å². The summed E-state index contributed by atoms with van der Waals surface area (Å²) in [6, 6.07) is 10.1. The Kier molecular flexibility index (Phi) is 4.68. The van der Waals surface area contributed by atoms with E-state index in [0.717, 1.165) is 11.3 Å². The van der Waals surface area contributed by atoms with Crippen molar-refractivity contribution >= 4 is 11.2 Å². The third kappa shape index (κ3) is 3.59. The summed E-state index contributed by atoms with van der Waals surface area (Å²) in [6.45, 7) is 7.10. The highest BCUT2D eigenvalue weighted by Crippen LogP contribution is 2.28. The van der Waals surface area contributed by atoms with Gasteiger partial charge < -0.3 is 0 Å². The highest BCUT2D eigenvalue weighted by atomic mass is 15.5. The average molecular weight is 430 g/mol. The third-order valence-corrected chi connectivity index (χ3v) is 5.07. The lowest BCUT2D eigenvalue weighted by atomic mass is 9.95. The smallest absolute Gasteiger partial charge is 0.183 e. The quantitative estimate of drug-likeness (QED) is 0.406. The molecule has 0 aliphatic heterocycles. The molecule has 32 heavy (non-hydrogen) atoms. The number of benzene rings is 1. The lowest BCUT2D eigenvalue weighted by Gasteiger charge is -2.17. The molecule has 0 fully saturated rings. The lowest BCUT2D eigenvalue weighted by molar-refractivity contribution is 0.544. The molecular weight excluding hydrogens is 408 g/mol. The highest BCUT2D eigenvalue weighted by molar-refractivity contribution is 5.85. The Hall–Kier alpha value is -4.09. The first-order valence-electron chi connectivity index (χ1n) is 10.2. The van der Waals surface area contributed by atoms with Crippen LogP contribution in [0.2, 0.25) is 0 Å². The molecule has 0 aliphatic rings. The second-order valence-corrected chi connectivity index (χ2v) is 8.55. The van der Waals surface area contributed by atoms with Crippen LogP contribution in [0.1, 0.15) is 38.0 Å². The van der Waals surface area contributed by atoms with E-state index in [0.29, 0.717) is 41.6 Å². The Morgan fingerprint density at radius 2 is 1.69 bits per heavy atom. The van der Waals surface area contributed by atoms with Crippen LogP contribution < -0.4 is 0 Å². The van der Waals surface area contributed by atoms with Gasteiger partial charge in [0.15, 0.2) is 17.0 Å². The fourth-order valence-corrected chi connectivity index (χ4v) is 3.31. The molecule has 162 valence electrons. The van der Waals surface area contributed by atoms with Crippen molar-refractivity contribution in [3.63, 3.8) is 0 Å². The van der Waals surface area contributed by atoms with Crippen molar-refractivity contribution in [1.29, 1.82) is 0 Å². The van der Waals surface area contributed by atoms with Gasteiger partial charge in [-0.25, -0.2) is 24.0 Å². The maximum Gasteiger partial charge on any atom is 0.183 e. The van der Waals surface area contributed by atoms with Gasteiger partial charge in [-0.2, -0.15) is 0 Å². The molecule has 0 spiro atoms. The van der Waals surface area contributed by atoms with E-state index >= 15 is 0 Å². The minimum Gasteiger partial charge on any atom is -0.239 e. The Morgan fingerprint density at radius 3 is 2.41 bits per heavy atom. The molecule has 12 nitrogen and oxygen atoms in total. The Morgan fingerprint density at radius 1 is 0.875 bits per heavy atom. The zero-order valence-corrected chi connectivity index (χ0v) is 18.2. The van der Waals surface area contributed by atoms with Gasteiger partial charge in [0.2, 0.25) is 0 Å². The second-order valence-electron chi connectivity index (χ2n) is 8.55. The molecule has 12 heteroatoms. The fourth-order valence-electron chi connectivity index (χ4n) is 3.31. The summed E-state index contributed by atoms with van der Waals surface area (Å²) in [5.74, 6) is 1.32. The van der Waals surface area contributed by atoms with Crippen LogP contribution in [0.4, 0.5) is 0 Å². The van der Waals surface area contributed by atoms with Crippen molar-refractivity contribution < 1.29 is 0 Å². The largest absolute Gasteiger partial charge is 0.239 e. The Bertz CT molecular complexity index is 1370. The Labute approximate surface area is 183 Å². The maximum atomic E-state index is 4.87. The van der Waals surface area contributed by atoms with Gasteiger partial charge in [0, 0.05) is 12.5 Å². The summed E-state index contributed by atoms with van der Waals surface area (Å²) in [6.07, 6.45) is 1.70. The van der Waals surface area contributed by atoms with E-state index in [-0.39, 0.29) is 5.41 Å². The van der Waals surface area contributed by atoms with Gasteiger partial charge in [-0.3, -0.25) is 0 Å². The van der Waals surface area contributed by atoms with Gasteiger partial charge in [-0.05, 0) is 16.0 Å². The summed E-state index contributed by atoms with van der Waals surface area (Å²) in [4.78, 5) is 9.67. The van der Waals surface area contributed by atoms with E-state index in [2.05, 4.69) is 56.9 Å². The summed E-state index contributed by atoms with van der Waals surface area (Å²) in [5.41, 5.74) is 3.39. The summed E-state index contributed by atoms with van der Waals surface area (Å²) in [7, 11) is 1.78. The first-order valence-corrected chi connectivity index (χ1v) is 10.2. The van der Waals surface area contributed by atoms with Crippen molar-refractivity contribution in [1.82, 2.24) is 60.2 Å². The van der Waals surface area contributed by atoms with Crippen molar-refractivity contribution in [2.24, 2.45) is 7.05 Å². The van der Waals surface area contributed by atoms with E-state index in [1.54, 1.807) is 22.6 Å².